The Morgan fingerprint density at radius 3 is 2.87 bits per heavy atom. The molecular weight excluding hydrogens is 232 g/mol. The Morgan fingerprint density at radius 1 is 1.60 bits per heavy atom. The van der Waals surface area contributed by atoms with Gasteiger partial charge in [-0.2, -0.15) is 0 Å². The molecule has 1 aliphatic rings. The standard InChI is InChI=1S/C9H18N2O2S2/c1-3-8-7-14-9(11-8)10-5-4-6-15(2,12)13/h8H,3-7H2,1-2H3,(H,10,11). The molecule has 0 spiro atoms. The van der Waals surface area contributed by atoms with Crippen molar-refractivity contribution in [2.45, 2.75) is 25.8 Å². The van der Waals surface area contributed by atoms with Crippen molar-refractivity contribution in [2.75, 3.05) is 24.3 Å². The predicted molar refractivity (Wildman–Crippen MR) is 66.3 cm³/mol. The minimum Gasteiger partial charge on any atom is -0.361 e. The normalized spacial score (nSPS) is 24.4. The number of hydrogen-bond donors (Lipinski definition) is 1. The van der Waals surface area contributed by atoms with Gasteiger partial charge < -0.3 is 5.32 Å². The van der Waals surface area contributed by atoms with Crippen LogP contribution in [0.15, 0.2) is 4.99 Å². The minimum atomic E-state index is -2.83. The Kier molecular flexibility index (Phi) is 4.92. The van der Waals surface area contributed by atoms with Crippen LogP contribution in [-0.2, 0) is 9.84 Å². The zero-order valence-corrected chi connectivity index (χ0v) is 10.8. The van der Waals surface area contributed by atoms with Crippen LogP contribution in [0.4, 0.5) is 0 Å². The summed E-state index contributed by atoms with van der Waals surface area (Å²) < 4.78 is 21.7. The van der Waals surface area contributed by atoms with Crippen LogP contribution >= 0.6 is 11.8 Å². The van der Waals surface area contributed by atoms with Gasteiger partial charge in [-0.15, -0.1) is 0 Å². The summed E-state index contributed by atoms with van der Waals surface area (Å²) in [6.45, 7) is 2.74. The molecule has 4 nitrogen and oxygen atoms in total. The highest BCUT2D eigenvalue weighted by Gasteiger charge is 2.17. The molecule has 88 valence electrons. The van der Waals surface area contributed by atoms with Crippen LogP contribution < -0.4 is 5.32 Å². The van der Waals surface area contributed by atoms with Crippen molar-refractivity contribution in [1.82, 2.24) is 5.32 Å². The first-order valence-corrected chi connectivity index (χ1v) is 8.17. The van der Waals surface area contributed by atoms with Crippen LogP contribution in [0, 0.1) is 0 Å². The molecule has 0 amide bonds. The molecule has 1 fully saturated rings. The highest BCUT2D eigenvalue weighted by Crippen LogP contribution is 2.15. The molecule has 0 aromatic carbocycles. The van der Waals surface area contributed by atoms with E-state index in [2.05, 4.69) is 17.2 Å². The molecule has 15 heavy (non-hydrogen) atoms. The second-order valence-corrected chi connectivity index (χ2v) is 7.00. The molecular formula is C9H18N2O2S2. The van der Waals surface area contributed by atoms with Gasteiger partial charge in [-0.05, 0) is 12.8 Å². The SMILES string of the molecule is CCC1CSC(=NCCCS(C)(=O)=O)N1. The van der Waals surface area contributed by atoms with E-state index in [4.69, 9.17) is 0 Å². The summed E-state index contributed by atoms with van der Waals surface area (Å²) >= 11 is 1.72. The van der Waals surface area contributed by atoms with Crippen LogP contribution in [-0.4, -0.2) is 43.9 Å². The van der Waals surface area contributed by atoms with E-state index in [0.29, 0.717) is 19.0 Å². The highest BCUT2D eigenvalue weighted by atomic mass is 32.2. The fourth-order valence-electron chi connectivity index (χ4n) is 1.26. The molecule has 1 aliphatic heterocycles. The first kappa shape index (κ1) is 12.8. The zero-order chi connectivity index (χ0) is 11.3. The second-order valence-electron chi connectivity index (χ2n) is 3.73. The van der Waals surface area contributed by atoms with E-state index in [-0.39, 0.29) is 5.75 Å². The minimum absolute atomic E-state index is 0.228. The lowest BCUT2D eigenvalue weighted by Crippen LogP contribution is -2.26. The average molecular weight is 250 g/mol. The lowest BCUT2D eigenvalue weighted by Gasteiger charge is -2.04. The van der Waals surface area contributed by atoms with E-state index >= 15 is 0 Å². The number of hydrogen-bond acceptors (Lipinski definition) is 4. The lowest BCUT2D eigenvalue weighted by atomic mass is 10.3. The van der Waals surface area contributed by atoms with Gasteiger partial charge in [-0.1, -0.05) is 18.7 Å². The van der Waals surface area contributed by atoms with E-state index in [1.54, 1.807) is 11.8 Å². The first-order chi connectivity index (χ1) is 7.01. The monoisotopic (exact) mass is 250 g/mol. The van der Waals surface area contributed by atoms with Crippen molar-refractivity contribution >= 4 is 26.8 Å². The number of aliphatic imine (C=N–C) groups is 1. The van der Waals surface area contributed by atoms with Crippen molar-refractivity contribution in [3.63, 3.8) is 0 Å². The lowest BCUT2D eigenvalue weighted by molar-refractivity contribution is 0.599. The largest absolute Gasteiger partial charge is 0.361 e. The smallest absolute Gasteiger partial charge is 0.156 e. The summed E-state index contributed by atoms with van der Waals surface area (Å²) in [5, 5.41) is 4.27. The highest BCUT2D eigenvalue weighted by molar-refractivity contribution is 8.14. The zero-order valence-electron chi connectivity index (χ0n) is 9.19. The molecule has 6 heteroatoms. The van der Waals surface area contributed by atoms with Crippen molar-refractivity contribution < 1.29 is 8.42 Å². The molecule has 0 saturated carbocycles. The van der Waals surface area contributed by atoms with Gasteiger partial charge in [-0.25, -0.2) is 8.42 Å². The third kappa shape index (κ3) is 5.41. The van der Waals surface area contributed by atoms with E-state index in [0.717, 1.165) is 17.3 Å². The molecule has 1 N–H and O–H groups in total. The van der Waals surface area contributed by atoms with E-state index in [9.17, 15) is 8.42 Å². The summed E-state index contributed by atoms with van der Waals surface area (Å²) in [5.41, 5.74) is 0. The topological polar surface area (TPSA) is 58.5 Å². The van der Waals surface area contributed by atoms with E-state index in [1.165, 1.54) is 6.26 Å². The van der Waals surface area contributed by atoms with Gasteiger partial charge in [0.05, 0.1) is 5.75 Å². The summed E-state index contributed by atoms with van der Waals surface area (Å²) in [6.07, 6.45) is 2.98. The third-order valence-electron chi connectivity index (χ3n) is 2.17. The summed E-state index contributed by atoms with van der Waals surface area (Å²) in [4.78, 5) is 4.33. The van der Waals surface area contributed by atoms with Crippen LogP contribution in [0.1, 0.15) is 19.8 Å². The van der Waals surface area contributed by atoms with Crippen molar-refractivity contribution in [2.24, 2.45) is 4.99 Å². The van der Waals surface area contributed by atoms with Gasteiger partial charge in [0.15, 0.2) is 5.17 Å². The Morgan fingerprint density at radius 2 is 2.33 bits per heavy atom. The maximum absolute atomic E-state index is 10.9. The van der Waals surface area contributed by atoms with E-state index in [1.807, 2.05) is 0 Å². The average Bonchev–Trinajstić information content (AvgIpc) is 2.59. The van der Waals surface area contributed by atoms with Crippen LogP contribution in [0.5, 0.6) is 0 Å². The number of sulfone groups is 1. The Labute approximate surface area is 95.8 Å². The quantitative estimate of drug-likeness (QED) is 0.736. The number of nitrogens with zero attached hydrogens (tertiary/aromatic N) is 1. The molecule has 0 bridgehead atoms. The third-order valence-corrected chi connectivity index (χ3v) is 4.29. The van der Waals surface area contributed by atoms with Gasteiger partial charge in [0.1, 0.15) is 9.84 Å². The molecule has 0 aliphatic carbocycles. The molecule has 1 rings (SSSR count). The summed E-state index contributed by atoms with van der Waals surface area (Å²) in [5.74, 6) is 1.30. The van der Waals surface area contributed by atoms with Crippen LogP contribution in [0.3, 0.4) is 0 Å². The molecule has 1 heterocycles. The number of amidine groups is 1. The number of nitrogens with one attached hydrogen (secondary N) is 1. The molecule has 0 aromatic heterocycles. The fourth-order valence-corrected chi connectivity index (χ4v) is 3.02. The van der Waals surface area contributed by atoms with Gasteiger partial charge in [0, 0.05) is 24.6 Å². The summed E-state index contributed by atoms with van der Waals surface area (Å²) in [7, 11) is -2.83. The van der Waals surface area contributed by atoms with Gasteiger partial charge >= 0.3 is 0 Å². The first-order valence-electron chi connectivity index (χ1n) is 5.13. The van der Waals surface area contributed by atoms with Crippen molar-refractivity contribution in [3.05, 3.63) is 0 Å². The van der Waals surface area contributed by atoms with Crippen LogP contribution in [0.2, 0.25) is 0 Å². The molecule has 1 unspecified atom stereocenters. The fraction of sp³-hybridized carbons (Fsp3) is 0.889. The van der Waals surface area contributed by atoms with Crippen molar-refractivity contribution in [1.29, 1.82) is 0 Å². The van der Waals surface area contributed by atoms with Crippen molar-refractivity contribution in [3.8, 4) is 0 Å². The molecule has 0 radical (unpaired) electrons. The number of rotatable bonds is 5. The van der Waals surface area contributed by atoms with E-state index < -0.39 is 9.84 Å². The van der Waals surface area contributed by atoms with Gasteiger partial charge in [0.25, 0.3) is 0 Å². The predicted octanol–water partition coefficient (Wildman–Crippen LogP) is 0.892. The molecule has 1 saturated heterocycles. The van der Waals surface area contributed by atoms with Crippen LogP contribution in [0.25, 0.3) is 0 Å². The maximum Gasteiger partial charge on any atom is 0.156 e. The Balaban J connectivity index is 2.22. The maximum atomic E-state index is 10.9. The van der Waals surface area contributed by atoms with Gasteiger partial charge in [0.2, 0.25) is 0 Å². The second kappa shape index (κ2) is 5.75. The molecule has 1 atom stereocenters. The Hall–Kier alpha value is -0.230. The number of thioether (sulfide) groups is 1. The summed E-state index contributed by atoms with van der Waals surface area (Å²) in [6, 6.07) is 0.531. The Bertz CT molecular complexity index is 325. The molecule has 0 aromatic rings. The van der Waals surface area contributed by atoms with Gasteiger partial charge in [-0.3, -0.25) is 4.99 Å².